The standard InChI is InChI=1S/C14H22N4O/c19-14(15-8-13-16-9-17-18-13)12-6-5-10-3-1-2-4-11(10)7-12/h9-12H,1-8H2,(H,15,19)(H,16,17,18). The highest BCUT2D eigenvalue weighted by Crippen LogP contribution is 2.42. The number of amides is 1. The summed E-state index contributed by atoms with van der Waals surface area (Å²) in [6, 6.07) is 0. The second-order valence-corrected chi connectivity index (χ2v) is 5.96. The first-order valence-corrected chi connectivity index (χ1v) is 7.45. The normalized spacial score (nSPS) is 30.6. The number of hydrogen-bond donors (Lipinski definition) is 2. The molecular weight excluding hydrogens is 240 g/mol. The van der Waals surface area contributed by atoms with E-state index in [2.05, 4.69) is 20.5 Å². The summed E-state index contributed by atoms with van der Waals surface area (Å²) in [6.45, 7) is 0.462. The number of rotatable bonds is 3. The van der Waals surface area contributed by atoms with E-state index in [1.165, 1.54) is 38.4 Å². The predicted octanol–water partition coefficient (Wildman–Crippen LogP) is 2.03. The van der Waals surface area contributed by atoms with Gasteiger partial charge < -0.3 is 5.32 Å². The van der Waals surface area contributed by atoms with E-state index in [0.29, 0.717) is 6.54 Å². The van der Waals surface area contributed by atoms with Gasteiger partial charge in [0, 0.05) is 5.92 Å². The third-order valence-electron chi connectivity index (χ3n) is 4.81. The van der Waals surface area contributed by atoms with Crippen LogP contribution >= 0.6 is 0 Å². The number of nitrogens with zero attached hydrogens (tertiary/aromatic N) is 2. The van der Waals surface area contributed by atoms with Crippen LogP contribution in [-0.4, -0.2) is 21.1 Å². The molecule has 3 rings (SSSR count). The lowest BCUT2D eigenvalue weighted by Crippen LogP contribution is -2.37. The highest BCUT2D eigenvalue weighted by atomic mass is 16.1. The summed E-state index contributed by atoms with van der Waals surface area (Å²) in [5, 5.41) is 9.52. The van der Waals surface area contributed by atoms with E-state index in [1.807, 2.05) is 0 Å². The van der Waals surface area contributed by atoms with Crippen molar-refractivity contribution >= 4 is 5.91 Å². The van der Waals surface area contributed by atoms with E-state index in [0.717, 1.165) is 30.5 Å². The molecule has 5 nitrogen and oxygen atoms in total. The van der Waals surface area contributed by atoms with Crippen molar-refractivity contribution in [3.8, 4) is 0 Å². The van der Waals surface area contributed by atoms with E-state index in [9.17, 15) is 4.79 Å². The van der Waals surface area contributed by atoms with Gasteiger partial charge in [-0.05, 0) is 31.1 Å². The number of nitrogens with one attached hydrogen (secondary N) is 2. The molecule has 0 aromatic carbocycles. The second kappa shape index (κ2) is 5.72. The van der Waals surface area contributed by atoms with Gasteiger partial charge in [-0.3, -0.25) is 9.89 Å². The zero-order valence-electron chi connectivity index (χ0n) is 11.3. The van der Waals surface area contributed by atoms with Crippen molar-refractivity contribution in [1.82, 2.24) is 20.5 Å². The maximum atomic E-state index is 12.2. The topological polar surface area (TPSA) is 70.7 Å². The molecule has 1 aromatic heterocycles. The Balaban J connectivity index is 1.50. The van der Waals surface area contributed by atoms with Crippen LogP contribution in [0.4, 0.5) is 0 Å². The Bertz CT molecular complexity index is 417. The molecule has 2 aliphatic rings. The quantitative estimate of drug-likeness (QED) is 0.875. The Morgan fingerprint density at radius 1 is 1.26 bits per heavy atom. The molecule has 0 bridgehead atoms. The maximum Gasteiger partial charge on any atom is 0.223 e. The zero-order chi connectivity index (χ0) is 13.1. The zero-order valence-corrected chi connectivity index (χ0v) is 11.3. The van der Waals surface area contributed by atoms with Crippen molar-refractivity contribution in [2.45, 2.75) is 51.5 Å². The molecule has 0 saturated heterocycles. The molecule has 0 spiro atoms. The van der Waals surface area contributed by atoms with Gasteiger partial charge >= 0.3 is 0 Å². The highest BCUT2D eigenvalue weighted by molar-refractivity contribution is 5.78. The van der Waals surface area contributed by atoms with Gasteiger partial charge in [-0.25, -0.2) is 4.98 Å². The molecule has 1 aromatic rings. The average Bonchev–Trinajstić information content (AvgIpc) is 2.97. The van der Waals surface area contributed by atoms with Crippen molar-refractivity contribution in [2.24, 2.45) is 17.8 Å². The SMILES string of the molecule is O=C(NCc1ncn[nH]1)C1CCC2CCCCC2C1. The molecule has 0 aliphatic heterocycles. The Hall–Kier alpha value is -1.39. The summed E-state index contributed by atoms with van der Waals surface area (Å²) < 4.78 is 0. The third kappa shape index (κ3) is 2.96. The third-order valence-corrected chi connectivity index (χ3v) is 4.81. The smallest absolute Gasteiger partial charge is 0.223 e. The number of aromatic nitrogens is 3. The molecule has 3 unspecified atom stereocenters. The Morgan fingerprint density at radius 3 is 2.89 bits per heavy atom. The summed E-state index contributed by atoms with van der Waals surface area (Å²) in [5.74, 6) is 2.82. The van der Waals surface area contributed by atoms with Crippen LogP contribution in [0.1, 0.15) is 50.8 Å². The average molecular weight is 262 g/mol. The number of fused-ring (bicyclic) bond motifs is 1. The van der Waals surface area contributed by atoms with Crippen molar-refractivity contribution in [3.63, 3.8) is 0 Å². The molecule has 2 N–H and O–H groups in total. The van der Waals surface area contributed by atoms with Crippen LogP contribution in [0.25, 0.3) is 0 Å². The van der Waals surface area contributed by atoms with Crippen LogP contribution in [-0.2, 0) is 11.3 Å². The molecule has 3 atom stereocenters. The predicted molar refractivity (Wildman–Crippen MR) is 71.0 cm³/mol. The number of carbonyl (C=O) groups excluding carboxylic acids is 1. The van der Waals surface area contributed by atoms with Gasteiger partial charge in [0.05, 0.1) is 6.54 Å². The van der Waals surface area contributed by atoms with Gasteiger partial charge in [-0.15, -0.1) is 0 Å². The van der Waals surface area contributed by atoms with E-state index in [1.54, 1.807) is 0 Å². The Morgan fingerprint density at radius 2 is 2.11 bits per heavy atom. The molecule has 104 valence electrons. The molecule has 0 radical (unpaired) electrons. The van der Waals surface area contributed by atoms with E-state index < -0.39 is 0 Å². The fourth-order valence-electron chi connectivity index (χ4n) is 3.74. The molecule has 1 heterocycles. The van der Waals surface area contributed by atoms with Crippen molar-refractivity contribution in [1.29, 1.82) is 0 Å². The van der Waals surface area contributed by atoms with Crippen LogP contribution in [0.3, 0.4) is 0 Å². The fourth-order valence-corrected chi connectivity index (χ4v) is 3.74. The summed E-state index contributed by atoms with van der Waals surface area (Å²) in [5.41, 5.74) is 0. The molecular formula is C14H22N4O. The number of aromatic amines is 1. The minimum atomic E-state index is 0.195. The second-order valence-electron chi connectivity index (χ2n) is 5.96. The lowest BCUT2D eigenvalue weighted by Gasteiger charge is -2.38. The van der Waals surface area contributed by atoms with E-state index >= 15 is 0 Å². The lowest BCUT2D eigenvalue weighted by atomic mass is 9.67. The molecule has 5 heteroatoms. The number of H-pyrrole nitrogens is 1. The fraction of sp³-hybridized carbons (Fsp3) is 0.786. The van der Waals surface area contributed by atoms with Gasteiger partial charge in [0.15, 0.2) is 0 Å². The molecule has 2 aliphatic carbocycles. The minimum Gasteiger partial charge on any atom is -0.349 e. The van der Waals surface area contributed by atoms with Gasteiger partial charge in [-0.1, -0.05) is 25.7 Å². The monoisotopic (exact) mass is 262 g/mol. The van der Waals surface area contributed by atoms with Crippen LogP contribution in [0.2, 0.25) is 0 Å². The first-order valence-electron chi connectivity index (χ1n) is 7.45. The summed E-state index contributed by atoms with van der Waals surface area (Å²) in [7, 11) is 0. The summed E-state index contributed by atoms with van der Waals surface area (Å²) in [6.07, 6.45) is 10.3. The van der Waals surface area contributed by atoms with Gasteiger partial charge in [-0.2, -0.15) is 5.10 Å². The van der Waals surface area contributed by atoms with Crippen molar-refractivity contribution in [3.05, 3.63) is 12.2 Å². The molecule has 2 fully saturated rings. The van der Waals surface area contributed by atoms with Gasteiger partial charge in [0.25, 0.3) is 0 Å². The maximum absolute atomic E-state index is 12.2. The minimum absolute atomic E-state index is 0.195. The van der Waals surface area contributed by atoms with Crippen molar-refractivity contribution < 1.29 is 4.79 Å². The largest absolute Gasteiger partial charge is 0.349 e. The van der Waals surface area contributed by atoms with Crippen LogP contribution in [0, 0.1) is 17.8 Å². The van der Waals surface area contributed by atoms with Crippen molar-refractivity contribution in [2.75, 3.05) is 0 Å². The van der Waals surface area contributed by atoms with Crippen LogP contribution < -0.4 is 5.32 Å². The first kappa shape index (κ1) is 12.6. The van der Waals surface area contributed by atoms with Gasteiger partial charge in [0.2, 0.25) is 5.91 Å². The molecule has 1 amide bonds. The number of hydrogen-bond acceptors (Lipinski definition) is 3. The van der Waals surface area contributed by atoms with E-state index in [-0.39, 0.29) is 11.8 Å². The highest BCUT2D eigenvalue weighted by Gasteiger charge is 2.34. The Kier molecular flexibility index (Phi) is 3.80. The summed E-state index contributed by atoms with van der Waals surface area (Å²) in [4.78, 5) is 16.2. The lowest BCUT2D eigenvalue weighted by molar-refractivity contribution is -0.127. The number of carbonyl (C=O) groups is 1. The van der Waals surface area contributed by atoms with Gasteiger partial charge in [0.1, 0.15) is 12.2 Å². The Labute approximate surface area is 113 Å². The van der Waals surface area contributed by atoms with Crippen LogP contribution in [0.15, 0.2) is 6.33 Å². The summed E-state index contributed by atoms with van der Waals surface area (Å²) >= 11 is 0. The first-order chi connectivity index (χ1) is 9.33. The molecule has 19 heavy (non-hydrogen) atoms. The van der Waals surface area contributed by atoms with Crippen LogP contribution in [0.5, 0.6) is 0 Å². The van der Waals surface area contributed by atoms with E-state index in [4.69, 9.17) is 0 Å². The molecule has 2 saturated carbocycles.